The Hall–Kier alpha value is -4.26. The molecule has 0 radical (unpaired) electrons. The van der Waals surface area contributed by atoms with Crippen LogP contribution in [0.25, 0.3) is 0 Å². The molecule has 7 nitrogen and oxygen atoms in total. The van der Waals surface area contributed by atoms with Gasteiger partial charge in [0.15, 0.2) is 0 Å². The van der Waals surface area contributed by atoms with Crippen molar-refractivity contribution < 1.29 is 28.7 Å². The Morgan fingerprint density at radius 3 is 2.00 bits per heavy atom. The molecule has 0 saturated heterocycles. The summed E-state index contributed by atoms with van der Waals surface area (Å²) in [4.78, 5) is 51.1. The molecule has 4 rings (SSSR count). The lowest BCUT2D eigenvalue weighted by Crippen LogP contribution is -2.29. The third-order valence-electron chi connectivity index (χ3n) is 5.04. The van der Waals surface area contributed by atoms with Crippen LogP contribution < -0.4 is 4.90 Å². The van der Waals surface area contributed by atoms with Gasteiger partial charge in [0.25, 0.3) is 11.8 Å². The normalized spacial score (nSPS) is 12.5. The van der Waals surface area contributed by atoms with Crippen molar-refractivity contribution >= 4 is 29.4 Å². The number of amides is 2. The Balaban J connectivity index is 1.40. The van der Waals surface area contributed by atoms with Crippen molar-refractivity contribution in [1.29, 1.82) is 0 Å². The summed E-state index contributed by atoms with van der Waals surface area (Å²) >= 11 is 0. The minimum Gasteiger partial charge on any atom is -0.458 e. The van der Waals surface area contributed by atoms with Crippen LogP contribution in [-0.2, 0) is 9.47 Å². The second kappa shape index (κ2) is 8.85. The van der Waals surface area contributed by atoms with Gasteiger partial charge in [-0.25, -0.2) is 14.5 Å². The average molecular weight is 429 g/mol. The summed E-state index contributed by atoms with van der Waals surface area (Å²) in [5, 5.41) is 0. The van der Waals surface area contributed by atoms with E-state index in [1.165, 1.54) is 18.2 Å². The lowest BCUT2D eigenvalue weighted by atomic mass is 10.1. The predicted octanol–water partition coefficient (Wildman–Crippen LogP) is 3.81. The summed E-state index contributed by atoms with van der Waals surface area (Å²) in [5.74, 6) is -2.13. The molecule has 3 aromatic rings. The molecule has 0 saturated carbocycles. The summed E-state index contributed by atoms with van der Waals surface area (Å²) in [6, 6.07) is 19.8. The van der Waals surface area contributed by atoms with Crippen molar-refractivity contribution in [3.8, 4) is 0 Å². The van der Waals surface area contributed by atoms with E-state index in [-0.39, 0.29) is 29.9 Å². The van der Waals surface area contributed by atoms with Crippen molar-refractivity contribution in [2.24, 2.45) is 0 Å². The zero-order chi connectivity index (χ0) is 22.7. The number of hydrogen-bond acceptors (Lipinski definition) is 6. The molecule has 160 valence electrons. The van der Waals surface area contributed by atoms with Crippen molar-refractivity contribution in [3.63, 3.8) is 0 Å². The average Bonchev–Trinajstić information content (AvgIpc) is 3.06. The number of imide groups is 1. The molecule has 0 aliphatic carbocycles. The lowest BCUT2D eigenvalue weighted by Gasteiger charge is -2.16. The van der Waals surface area contributed by atoms with Gasteiger partial charge in [0.05, 0.1) is 27.9 Å². The van der Waals surface area contributed by atoms with Gasteiger partial charge in [0, 0.05) is 0 Å². The molecule has 32 heavy (non-hydrogen) atoms. The van der Waals surface area contributed by atoms with Crippen molar-refractivity contribution in [2.75, 3.05) is 18.1 Å². The van der Waals surface area contributed by atoms with E-state index in [9.17, 15) is 19.2 Å². The quantitative estimate of drug-likeness (QED) is 0.336. The number of rotatable bonds is 6. The van der Waals surface area contributed by atoms with E-state index in [1.54, 1.807) is 42.5 Å². The molecule has 3 aromatic carbocycles. The number of para-hydroxylation sites is 1. The first kappa shape index (κ1) is 21.0. The van der Waals surface area contributed by atoms with Gasteiger partial charge in [-0.1, -0.05) is 36.4 Å². The van der Waals surface area contributed by atoms with Gasteiger partial charge >= 0.3 is 11.9 Å². The van der Waals surface area contributed by atoms with Gasteiger partial charge in [-0.15, -0.1) is 0 Å². The third-order valence-corrected chi connectivity index (χ3v) is 5.04. The molecular weight excluding hydrogens is 410 g/mol. The van der Waals surface area contributed by atoms with Crippen LogP contribution in [0.5, 0.6) is 0 Å². The van der Waals surface area contributed by atoms with Gasteiger partial charge in [0.2, 0.25) is 0 Å². The molecular formula is C25H19NO6. The number of aryl methyl sites for hydroxylation is 1. The van der Waals surface area contributed by atoms with E-state index >= 15 is 0 Å². The molecule has 0 atom stereocenters. The molecule has 0 spiro atoms. The molecule has 1 aliphatic heterocycles. The Labute approximate surface area is 184 Å². The monoisotopic (exact) mass is 429 g/mol. The van der Waals surface area contributed by atoms with Crippen molar-refractivity contribution in [2.45, 2.75) is 6.92 Å². The Bertz CT molecular complexity index is 1220. The number of nitrogens with zero attached hydrogens (tertiary/aromatic N) is 1. The first-order valence-electron chi connectivity index (χ1n) is 9.95. The Kier molecular flexibility index (Phi) is 5.81. The smallest absolute Gasteiger partial charge is 0.338 e. The van der Waals surface area contributed by atoms with E-state index < -0.39 is 23.8 Å². The highest BCUT2D eigenvalue weighted by Crippen LogP contribution is 2.31. The first-order valence-corrected chi connectivity index (χ1v) is 9.95. The molecule has 0 unspecified atom stereocenters. The molecule has 1 heterocycles. The van der Waals surface area contributed by atoms with Crippen LogP contribution in [0.1, 0.15) is 47.0 Å². The highest BCUT2D eigenvalue weighted by Gasteiger charge is 2.37. The van der Waals surface area contributed by atoms with E-state index in [0.29, 0.717) is 11.3 Å². The second-order valence-corrected chi connectivity index (χ2v) is 7.13. The maximum Gasteiger partial charge on any atom is 0.338 e. The van der Waals surface area contributed by atoms with Gasteiger partial charge in [0.1, 0.15) is 13.2 Å². The van der Waals surface area contributed by atoms with Gasteiger partial charge in [-0.2, -0.15) is 0 Å². The number of benzene rings is 3. The third kappa shape index (κ3) is 4.00. The number of anilines is 1. The number of hydrogen-bond donors (Lipinski definition) is 0. The molecule has 0 N–H and O–H groups in total. The molecule has 1 aliphatic rings. The van der Waals surface area contributed by atoms with Crippen molar-refractivity contribution in [3.05, 3.63) is 101 Å². The van der Waals surface area contributed by atoms with Crippen LogP contribution in [0.15, 0.2) is 72.8 Å². The van der Waals surface area contributed by atoms with Crippen LogP contribution in [-0.4, -0.2) is 37.0 Å². The lowest BCUT2D eigenvalue weighted by molar-refractivity contribution is 0.0265. The summed E-state index contributed by atoms with van der Waals surface area (Å²) in [6.07, 6.45) is 0. The summed E-state index contributed by atoms with van der Waals surface area (Å²) in [6.45, 7) is 1.56. The van der Waals surface area contributed by atoms with Crippen LogP contribution in [0, 0.1) is 6.92 Å². The molecule has 0 aromatic heterocycles. The van der Waals surface area contributed by atoms with Crippen LogP contribution >= 0.6 is 0 Å². The fourth-order valence-electron chi connectivity index (χ4n) is 3.41. The highest BCUT2D eigenvalue weighted by molar-refractivity contribution is 6.34. The van der Waals surface area contributed by atoms with E-state index in [4.69, 9.17) is 9.47 Å². The molecule has 0 fully saturated rings. The fourth-order valence-corrected chi connectivity index (χ4v) is 3.41. The van der Waals surface area contributed by atoms with Crippen LogP contribution in [0.2, 0.25) is 0 Å². The predicted molar refractivity (Wildman–Crippen MR) is 116 cm³/mol. The van der Waals surface area contributed by atoms with Crippen LogP contribution in [0.4, 0.5) is 5.69 Å². The zero-order valence-electron chi connectivity index (χ0n) is 17.2. The van der Waals surface area contributed by atoms with Crippen molar-refractivity contribution in [1.82, 2.24) is 0 Å². The standard InChI is InChI=1S/C25H19NO6/c1-16-7-5-6-10-21(16)26-22(27)19-12-11-18(15-20(19)23(26)28)25(30)32-14-13-31-24(29)17-8-3-2-4-9-17/h2-12,15H,13-14H2,1H3. The summed E-state index contributed by atoms with van der Waals surface area (Å²) in [7, 11) is 0. The van der Waals surface area contributed by atoms with Gasteiger partial charge in [-0.05, 0) is 48.9 Å². The fraction of sp³-hybridized carbons (Fsp3) is 0.120. The largest absolute Gasteiger partial charge is 0.458 e. The van der Waals surface area contributed by atoms with Gasteiger partial charge < -0.3 is 9.47 Å². The first-order chi connectivity index (χ1) is 15.5. The SMILES string of the molecule is Cc1ccccc1N1C(=O)c2ccc(C(=O)OCCOC(=O)c3ccccc3)cc2C1=O. The molecule has 0 bridgehead atoms. The minimum atomic E-state index is -0.682. The molecule has 7 heteroatoms. The topological polar surface area (TPSA) is 90.0 Å². The zero-order valence-corrected chi connectivity index (χ0v) is 17.2. The molecule has 2 amide bonds. The summed E-state index contributed by atoms with van der Waals surface area (Å²) in [5.41, 5.74) is 2.19. The summed E-state index contributed by atoms with van der Waals surface area (Å²) < 4.78 is 10.2. The Morgan fingerprint density at radius 1 is 0.719 bits per heavy atom. The highest BCUT2D eigenvalue weighted by atomic mass is 16.6. The number of esters is 2. The number of ether oxygens (including phenoxy) is 2. The van der Waals surface area contributed by atoms with E-state index in [2.05, 4.69) is 0 Å². The maximum absolute atomic E-state index is 12.9. The number of carbonyl (C=O) groups is 4. The number of carbonyl (C=O) groups excluding carboxylic acids is 4. The minimum absolute atomic E-state index is 0.108. The van der Waals surface area contributed by atoms with E-state index in [0.717, 1.165) is 10.5 Å². The number of fused-ring (bicyclic) bond motifs is 1. The Morgan fingerprint density at radius 2 is 1.31 bits per heavy atom. The maximum atomic E-state index is 12.9. The second-order valence-electron chi connectivity index (χ2n) is 7.13. The van der Waals surface area contributed by atoms with E-state index in [1.807, 2.05) is 19.1 Å². The van der Waals surface area contributed by atoms with Gasteiger partial charge in [-0.3, -0.25) is 9.59 Å². The van der Waals surface area contributed by atoms with Crippen LogP contribution in [0.3, 0.4) is 0 Å².